The summed E-state index contributed by atoms with van der Waals surface area (Å²) in [6, 6.07) is 15.0. The topological polar surface area (TPSA) is 12.4 Å². The van der Waals surface area contributed by atoms with Crippen LogP contribution in [0.5, 0.6) is 0 Å². The molecular weight excluding hydrogens is 266 g/mol. The molecule has 1 aliphatic carbocycles. The maximum absolute atomic E-state index is 6.29. The number of nitrogens with zero attached hydrogens (tertiary/aromatic N) is 1. The average Bonchev–Trinajstić information content (AvgIpc) is 2.49. The van der Waals surface area contributed by atoms with E-state index >= 15 is 0 Å². The lowest BCUT2D eigenvalue weighted by Gasteiger charge is -2.27. The summed E-state index contributed by atoms with van der Waals surface area (Å²) >= 11 is 6.29. The number of aryl methyl sites for hydroxylation is 1. The summed E-state index contributed by atoms with van der Waals surface area (Å²) in [5, 5.41) is 0.856. The smallest absolute Gasteiger partial charge is 0.0438 e. The molecule has 0 aliphatic heterocycles. The largest absolute Gasteiger partial charge is 0.292 e. The van der Waals surface area contributed by atoms with Gasteiger partial charge in [0.2, 0.25) is 0 Å². The van der Waals surface area contributed by atoms with Gasteiger partial charge in [-0.25, -0.2) is 0 Å². The SMILES string of the molecule is CN=C1CCC(c2ccc(C)c(Cl)c2)c2ccccc21. The Morgan fingerprint density at radius 1 is 1.15 bits per heavy atom. The number of aliphatic imine (C=N–C) groups is 1. The molecule has 102 valence electrons. The van der Waals surface area contributed by atoms with Gasteiger partial charge in [0.25, 0.3) is 0 Å². The van der Waals surface area contributed by atoms with E-state index in [0.29, 0.717) is 5.92 Å². The van der Waals surface area contributed by atoms with Gasteiger partial charge in [-0.15, -0.1) is 0 Å². The lowest BCUT2D eigenvalue weighted by atomic mass is 9.78. The summed E-state index contributed by atoms with van der Waals surface area (Å²) in [6.07, 6.45) is 2.13. The molecule has 1 atom stereocenters. The van der Waals surface area contributed by atoms with E-state index in [1.807, 2.05) is 14.0 Å². The predicted molar refractivity (Wildman–Crippen MR) is 86.2 cm³/mol. The molecule has 1 aliphatic rings. The Morgan fingerprint density at radius 2 is 1.95 bits per heavy atom. The van der Waals surface area contributed by atoms with Gasteiger partial charge in [-0.05, 0) is 48.1 Å². The molecule has 2 aromatic rings. The minimum Gasteiger partial charge on any atom is -0.292 e. The highest BCUT2D eigenvalue weighted by Gasteiger charge is 2.25. The average molecular weight is 284 g/mol. The van der Waals surface area contributed by atoms with Gasteiger partial charge in [0.05, 0.1) is 0 Å². The molecular formula is C18H18ClN. The molecule has 2 aromatic carbocycles. The summed E-state index contributed by atoms with van der Waals surface area (Å²) in [6.45, 7) is 2.04. The van der Waals surface area contributed by atoms with Crippen molar-refractivity contribution in [3.63, 3.8) is 0 Å². The molecule has 20 heavy (non-hydrogen) atoms. The van der Waals surface area contributed by atoms with Crippen molar-refractivity contribution < 1.29 is 0 Å². The molecule has 3 rings (SSSR count). The third-order valence-electron chi connectivity index (χ3n) is 4.19. The number of rotatable bonds is 1. The molecule has 0 saturated heterocycles. The lowest BCUT2D eigenvalue weighted by Crippen LogP contribution is -2.17. The van der Waals surface area contributed by atoms with E-state index in [0.717, 1.165) is 23.4 Å². The van der Waals surface area contributed by atoms with Crippen molar-refractivity contribution in [1.29, 1.82) is 0 Å². The Hall–Kier alpha value is -1.60. The Bertz CT molecular complexity index is 673. The van der Waals surface area contributed by atoms with Crippen LogP contribution in [-0.4, -0.2) is 12.8 Å². The van der Waals surface area contributed by atoms with Gasteiger partial charge in [-0.1, -0.05) is 48.0 Å². The fourth-order valence-electron chi connectivity index (χ4n) is 3.04. The van der Waals surface area contributed by atoms with Crippen LogP contribution in [0.1, 0.15) is 41.0 Å². The van der Waals surface area contributed by atoms with E-state index in [1.54, 1.807) is 0 Å². The Balaban J connectivity index is 2.09. The molecule has 0 N–H and O–H groups in total. The van der Waals surface area contributed by atoms with Crippen LogP contribution < -0.4 is 0 Å². The highest BCUT2D eigenvalue weighted by molar-refractivity contribution is 6.31. The van der Waals surface area contributed by atoms with Crippen molar-refractivity contribution in [1.82, 2.24) is 0 Å². The van der Waals surface area contributed by atoms with Gasteiger partial charge < -0.3 is 0 Å². The van der Waals surface area contributed by atoms with Crippen molar-refractivity contribution in [3.8, 4) is 0 Å². The molecule has 1 nitrogen and oxygen atoms in total. The van der Waals surface area contributed by atoms with E-state index in [4.69, 9.17) is 11.6 Å². The van der Waals surface area contributed by atoms with Crippen molar-refractivity contribution in [3.05, 3.63) is 69.7 Å². The minimum atomic E-state index is 0.426. The summed E-state index contributed by atoms with van der Waals surface area (Å²) < 4.78 is 0. The van der Waals surface area contributed by atoms with Gasteiger partial charge in [-0.3, -0.25) is 4.99 Å². The number of fused-ring (bicyclic) bond motifs is 1. The summed E-state index contributed by atoms with van der Waals surface area (Å²) in [5.74, 6) is 0.426. The van der Waals surface area contributed by atoms with Gasteiger partial charge in [0.15, 0.2) is 0 Å². The molecule has 0 saturated carbocycles. The first-order valence-corrected chi connectivity index (χ1v) is 7.39. The molecule has 1 unspecified atom stereocenters. The van der Waals surface area contributed by atoms with E-state index in [1.165, 1.54) is 22.4 Å². The molecule has 0 bridgehead atoms. The quantitative estimate of drug-likeness (QED) is 0.699. The predicted octanol–water partition coefficient (Wildman–Crippen LogP) is 4.99. The van der Waals surface area contributed by atoms with Gasteiger partial charge in [0.1, 0.15) is 0 Å². The van der Waals surface area contributed by atoms with E-state index < -0.39 is 0 Å². The third-order valence-corrected chi connectivity index (χ3v) is 4.59. The monoisotopic (exact) mass is 283 g/mol. The number of halogens is 1. The van der Waals surface area contributed by atoms with Gasteiger partial charge in [-0.2, -0.15) is 0 Å². The number of hydrogen-bond donors (Lipinski definition) is 0. The molecule has 0 amide bonds. The molecule has 0 radical (unpaired) electrons. The van der Waals surface area contributed by atoms with Crippen LogP contribution >= 0.6 is 11.6 Å². The zero-order chi connectivity index (χ0) is 14.1. The molecule has 2 heteroatoms. The first kappa shape index (κ1) is 13.4. The van der Waals surface area contributed by atoms with Crippen LogP contribution in [-0.2, 0) is 0 Å². The molecule has 0 aromatic heterocycles. The lowest BCUT2D eigenvalue weighted by molar-refractivity contribution is 0.722. The zero-order valence-corrected chi connectivity index (χ0v) is 12.6. The molecule has 0 spiro atoms. The van der Waals surface area contributed by atoms with Crippen LogP contribution in [0.3, 0.4) is 0 Å². The minimum absolute atomic E-state index is 0.426. The summed E-state index contributed by atoms with van der Waals surface area (Å²) in [5.41, 5.74) is 6.33. The van der Waals surface area contributed by atoms with Crippen molar-refractivity contribution in [2.75, 3.05) is 7.05 Å². The van der Waals surface area contributed by atoms with Gasteiger partial charge in [0, 0.05) is 23.7 Å². The maximum atomic E-state index is 6.29. The zero-order valence-electron chi connectivity index (χ0n) is 11.9. The Kier molecular flexibility index (Phi) is 3.62. The first-order valence-electron chi connectivity index (χ1n) is 7.01. The van der Waals surface area contributed by atoms with Crippen LogP contribution in [0.15, 0.2) is 47.5 Å². The highest BCUT2D eigenvalue weighted by Crippen LogP contribution is 2.37. The third kappa shape index (κ3) is 2.27. The van der Waals surface area contributed by atoms with Crippen molar-refractivity contribution in [2.45, 2.75) is 25.7 Å². The second-order valence-corrected chi connectivity index (χ2v) is 5.76. The Morgan fingerprint density at radius 3 is 2.70 bits per heavy atom. The van der Waals surface area contributed by atoms with Crippen molar-refractivity contribution >= 4 is 17.3 Å². The van der Waals surface area contributed by atoms with E-state index in [9.17, 15) is 0 Å². The van der Waals surface area contributed by atoms with Crippen LogP contribution in [0.25, 0.3) is 0 Å². The van der Waals surface area contributed by atoms with Crippen LogP contribution in [0.4, 0.5) is 0 Å². The van der Waals surface area contributed by atoms with Gasteiger partial charge >= 0.3 is 0 Å². The van der Waals surface area contributed by atoms with E-state index in [2.05, 4.69) is 47.5 Å². The second kappa shape index (κ2) is 5.41. The second-order valence-electron chi connectivity index (χ2n) is 5.36. The number of hydrogen-bond acceptors (Lipinski definition) is 1. The molecule has 0 fully saturated rings. The maximum Gasteiger partial charge on any atom is 0.0438 e. The highest BCUT2D eigenvalue weighted by atomic mass is 35.5. The van der Waals surface area contributed by atoms with Crippen LogP contribution in [0.2, 0.25) is 5.02 Å². The van der Waals surface area contributed by atoms with Crippen LogP contribution in [0, 0.1) is 6.92 Å². The number of benzene rings is 2. The Labute approximate surface area is 125 Å². The normalized spacial score (nSPS) is 19.9. The summed E-state index contributed by atoms with van der Waals surface area (Å²) in [7, 11) is 1.88. The summed E-state index contributed by atoms with van der Waals surface area (Å²) in [4.78, 5) is 4.44. The van der Waals surface area contributed by atoms with Crippen molar-refractivity contribution in [2.24, 2.45) is 4.99 Å². The molecule has 0 heterocycles. The first-order chi connectivity index (χ1) is 9.70. The fourth-order valence-corrected chi connectivity index (χ4v) is 3.23. The van der Waals surface area contributed by atoms with E-state index in [-0.39, 0.29) is 0 Å². The fraction of sp³-hybridized carbons (Fsp3) is 0.278. The standard InChI is InChI=1S/C18H18ClN/c1-12-7-8-13(11-17(12)19)14-9-10-18(20-2)16-6-4-3-5-15(14)16/h3-8,11,14H,9-10H2,1-2H3.